The van der Waals surface area contributed by atoms with E-state index in [1.165, 1.54) is 12.4 Å². The molecule has 0 atom stereocenters. The molecule has 1 aromatic rings. The van der Waals surface area contributed by atoms with E-state index in [0.717, 1.165) is 5.56 Å². The van der Waals surface area contributed by atoms with Gasteiger partial charge in [0.1, 0.15) is 0 Å². The fourth-order valence-corrected chi connectivity index (χ4v) is 1.62. The first-order valence-electron chi connectivity index (χ1n) is 5.78. The Morgan fingerprint density at radius 3 is 2.50 bits per heavy atom. The number of aliphatic imine (C=N–C) groups is 1. The Morgan fingerprint density at radius 1 is 1.22 bits per heavy atom. The Morgan fingerprint density at radius 2 is 1.89 bits per heavy atom. The zero-order valence-electron chi connectivity index (χ0n) is 10.0. The second-order valence-electron chi connectivity index (χ2n) is 4.01. The van der Waals surface area contributed by atoms with Crippen LogP contribution < -0.4 is 11.5 Å². The molecule has 4 N–H and O–H groups in total. The first kappa shape index (κ1) is 12.6. The summed E-state index contributed by atoms with van der Waals surface area (Å²) in [4.78, 5) is 4.23. The molecule has 0 aliphatic carbocycles. The van der Waals surface area contributed by atoms with Crippen molar-refractivity contribution < 1.29 is 9.47 Å². The minimum Gasteiger partial charge on any atom is -0.403 e. The smallest absolute Gasteiger partial charge is 0.184 e. The molecule has 0 aromatic heterocycles. The summed E-state index contributed by atoms with van der Waals surface area (Å²) in [6.07, 6.45) is 2.53. The third-order valence-corrected chi connectivity index (χ3v) is 2.58. The number of rotatable bonds is 3. The summed E-state index contributed by atoms with van der Waals surface area (Å²) in [6.45, 7) is 1.02. The van der Waals surface area contributed by atoms with E-state index in [1.807, 2.05) is 30.3 Å². The number of hydrogen-bond acceptors (Lipinski definition) is 5. The lowest BCUT2D eigenvalue weighted by Gasteiger charge is -2.27. The van der Waals surface area contributed by atoms with Gasteiger partial charge in [-0.2, -0.15) is 0 Å². The first-order valence-corrected chi connectivity index (χ1v) is 5.78. The molecule has 18 heavy (non-hydrogen) atoms. The van der Waals surface area contributed by atoms with Crippen molar-refractivity contribution in [3.05, 3.63) is 47.8 Å². The van der Waals surface area contributed by atoms with Crippen LogP contribution in [0.4, 0.5) is 0 Å². The van der Waals surface area contributed by atoms with Gasteiger partial charge >= 0.3 is 0 Å². The average Bonchev–Trinajstić information content (AvgIpc) is 2.46. The molecule has 0 radical (unpaired) electrons. The first-order chi connectivity index (χ1) is 8.79. The molecule has 1 aliphatic rings. The second kappa shape index (κ2) is 6.18. The highest BCUT2D eigenvalue weighted by Crippen LogP contribution is 2.23. The molecule has 0 saturated carbocycles. The molecule has 2 rings (SSSR count). The number of nitrogens with two attached hydrogens (primary N) is 2. The van der Waals surface area contributed by atoms with E-state index in [-0.39, 0.29) is 12.3 Å². The van der Waals surface area contributed by atoms with Gasteiger partial charge in [0.2, 0.25) is 0 Å². The van der Waals surface area contributed by atoms with Crippen molar-refractivity contribution >= 4 is 6.21 Å². The van der Waals surface area contributed by atoms with Crippen molar-refractivity contribution in [2.24, 2.45) is 16.5 Å². The summed E-state index contributed by atoms with van der Waals surface area (Å²) in [7, 11) is 0. The van der Waals surface area contributed by atoms with Gasteiger partial charge in [-0.1, -0.05) is 30.3 Å². The summed E-state index contributed by atoms with van der Waals surface area (Å²) in [6, 6.07) is 9.79. The molecule has 1 saturated heterocycles. The van der Waals surface area contributed by atoms with Crippen LogP contribution in [0.2, 0.25) is 0 Å². The Labute approximate surface area is 106 Å². The molecule has 0 bridgehead atoms. The normalized spacial score (nSPS) is 25.4. The minimum atomic E-state index is -0.306. The molecule has 0 amide bonds. The van der Waals surface area contributed by atoms with E-state index in [4.69, 9.17) is 20.9 Å². The van der Waals surface area contributed by atoms with Crippen LogP contribution in [0.25, 0.3) is 0 Å². The number of allylic oxidation sites excluding steroid dienone is 1. The molecule has 0 unspecified atom stereocenters. The fraction of sp³-hybridized carbons (Fsp3) is 0.308. The lowest BCUT2D eigenvalue weighted by Crippen LogP contribution is -2.30. The Kier molecular flexibility index (Phi) is 4.33. The number of benzene rings is 1. The SMILES string of the molecule is NC=C(N)C=NC1COC(c2ccccc2)OC1. The summed E-state index contributed by atoms with van der Waals surface area (Å²) >= 11 is 0. The Bertz CT molecular complexity index is 423. The molecule has 0 spiro atoms. The maximum atomic E-state index is 5.62. The van der Waals surface area contributed by atoms with Gasteiger partial charge in [-0.3, -0.25) is 4.99 Å². The van der Waals surface area contributed by atoms with Gasteiger partial charge in [0.25, 0.3) is 0 Å². The highest BCUT2D eigenvalue weighted by atomic mass is 16.7. The van der Waals surface area contributed by atoms with Crippen LogP contribution in [0, 0.1) is 0 Å². The van der Waals surface area contributed by atoms with Crippen LogP contribution in [0.1, 0.15) is 11.9 Å². The standard InChI is InChI=1S/C13H17N3O2/c14-6-11(15)7-16-12-8-17-13(18-9-12)10-4-2-1-3-5-10/h1-7,12-13H,8-9,14-15H2. The van der Waals surface area contributed by atoms with E-state index in [1.54, 1.807) is 0 Å². The Hall–Kier alpha value is -1.85. The van der Waals surface area contributed by atoms with Crippen LogP contribution >= 0.6 is 0 Å². The summed E-state index contributed by atoms with van der Waals surface area (Å²) in [5.41, 5.74) is 12.2. The number of nitrogens with zero attached hydrogens (tertiary/aromatic N) is 1. The molecule has 1 aliphatic heterocycles. The van der Waals surface area contributed by atoms with E-state index >= 15 is 0 Å². The highest BCUT2D eigenvalue weighted by molar-refractivity contribution is 5.77. The molecule has 5 heteroatoms. The lowest BCUT2D eigenvalue weighted by molar-refractivity contribution is -0.189. The van der Waals surface area contributed by atoms with Gasteiger partial charge in [0.15, 0.2) is 6.29 Å². The third kappa shape index (κ3) is 3.32. The predicted octanol–water partition coefficient (Wildman–Crippen LogP) is 0.930. The molecule has 96 valence electrons. The van der Waals surface area contributed by atoms with Crippen molar-refractivity contribution in [2.45, 2.75) is 12.3 Å². The van der Waals surface area contributed by atoms with Crippen molar-refractivity contribution in [2.75, 3.05) is 13.2 Å². The summed E-state index contributed by atoms with van der Waals surface area (Å²) < 4.78 is 11.2. The number of ether oxygens (including phenoxy) is 2. The van der Waals surface area contributed by atoms with E-state index in [9.17, 15) is 0 Å². The van der Waals surface area contributed by atoms with Crippen LogP contribution in [-0.2, 0) is 9.47 Å². The van der Waals surface area contributed by atoms with E-state index < -0.39 is 0 Å². The molecule has 5 nitrogen and oxygen atoms in total. The summed E-state index contributed by atoms with van der Waals surface area (Å²) in [5, 5.41) is 0. The fourth-order valence-electron chi connectivity index (χ4n) is 1.62. The lowest BCUT2D eigenvalue weighted by atomic mass is 10.2. The molecular weight excluding hydrogens is 230 g/mol. The van der Waals surface area contributed by atoms with E-state index in [0.29, 0.717) is 18.9 Å². The van der Waals surface area contributed by atoms with Gasteiger partial charge in [-0.05, 0) is 0 Å². The monoisotopic (exact) mass is 247 g/mol. The zero-order chi connectivity index (χ0) is 12.8. The maximum absolute atomic E-state index is 5.62. The van der Waals surface area contributed by atoms with Gasteiger partial charge in [-0.15, -0.1) is 0 Å². The van der Waals surface area contributed by atoms with E-state index in [2.05, 4.69) is 4.99 Å². The second-order valence-corrected chi connectivity index (χ2v) is 4.01. The predicted molar refractivity (Wildman–Crippen MR) is 69.8 cm³/mol. The van der Waals surface area contributed by atoms with Crippen molar-refractivity contribution in [3.63, 3.8) is 0 Å². The zero-order valence-corrected chi connectivity index (χ0v) is 10.0. The average molecular weight is 247 g/mol. The largest absolute Gasteiger partial charge is 0.403 e. The van der Waals surface area contributed by atoms with Gasteiger partial charge < -0.3 is 20.9 Å². The molecule has 1 fully saturated rings. The maximum Gasteiger partial charge on any atom is 0.184 e. The van der Waals surface area contributed by atoms with Crippen LogP contribution in [0.3, 0.4) is 0 Å². The topological polar surface area (TPSA) is 82.9 Å². The molecule has 1 aromatic carbocycles. The van der Waals surface area contributed by atoms with Gasteiger partial charge in [0, 0.05) is 18.0 Å². The van der Waals surface area contributed by atoms with Crippen molar-refractivity contribution in [1.82, 2.24) is 0 Å². The van der Waals surface area contributed by atoms with Gasteiger partial charge in [0.05, 0.1) is 25.0 Å². The number of hydrogen-bond donors (Lipinski definition) is 2. The third-order valence-electron chi connectivity index (χ3n) is 2.58. The van der Waals surface area contributed by atoms with Crippen LogP contribution in [0.15, 0.2) is 47.2 Å². The van der Waals surface area contributed by atoms with Crippen LogP contribution in [0.5, 0.6) is 0 Å². The highest BCUT2D eigenvalue weighted by Gasteiger charge is 2.22. The molecule has 1 heterocycles. The molecular formula is C13H17N3O2. The quantitative estimate of drug-likeness (QED) is 0.778. The van der Waals surface area contributed by atoms with Crippen molar-refractivity contribution in [3.8, 4) is 0 Å². The summed E-state index contributed by atoms with van der Waals surface area (Å²) in [5.74, 6) is 0. The van der Waals surface area contributed by atoms with Gasteiger partial charge in [-0.25, -0.2) is 0 Å². The van der Waals surface area contributed by atoms with Crippen molar-refractivity contribution in [1.29, 1.82) is 0 Å². The Balaban J connectivity index is 1.87. The van der Waals surface area contributed by atoms with Crippen LogP contribution in [-0.4, -0.2) is 25.5 Å². The minimum absolute atomic E-state index is 0.0385.